The Morgan fingerprint density at radius 2 is 2.12 bits per heavy atom. The van der Waals surface area contributed by atoms with Gasteiger partial charge in [-0.25, -0.2) is 0 Å². The Kier molecular flexibility index (Phi) is 5.33. The molecule has 17 heavy (non-hydrogen) atoms. The Labute approximate surface area is 108 Å². The number of carbonyl (C=O) groups is 1. The van der Waals surface area contributed by atoms with Crippen molar-refractivity contribution in [3.63, 3.8) is 0 Å². The highest BCUT2D eigenvalue weighted by atomic mass is 32.1. The van der Waals surface area contributed by atoms with Gasteiger partial charge in [-0.15, -0.1) is 0 Å². The maximum absolute atomic E-state index is 11.8. The maximum Gasteiger partial charge on any atom is 0.223 e. The van der Waals surface area contributed by atoms with Crippen LogP contribution in [0, 0.1) is 5.92 Å². The van der Waals surface area contributed by atoms with E-state index < -0.39 is 5.54 Å². The molecule has 1 aliphatic carbocycles. The van der Waals surface area contributed by atoms with Crippen LogP contribution in [0.3, 0.4) is 0 Å². The number of thiocarbonyl (C=S) groups is 1. The Morgan fingerprint density at radius 1 is 1.53 bits per heavy atom. The summed E-state index contributed by atoms with van der Waals surface area (Å²) in [4.78, 5) is 12.2. The summed E-state index contributed by atoms with van der Waals surface area (Å²) < 4.78 is 4.89. The predicted molar refractivity (Wildman–Crippen MR) is 71.8 cm³/mol. The van der Waals surface area contributed by atoms with E-state index in [-0.39, 0.29) is 5.91 Å². The van der Waals surface area contributed by atoms with Crippen molar-refractivity contribution in [1.29, 1.82) is 0 Å². The third-order valence-electron chi connectivity index (χ3n) is 3.51. The van der Waals surface area contributed by atoms with Gasteiger partial charge in [0, 0.05) is 13.5 Å². The van der Waals surface area contributed by atoms with E-state index in [1.807, 2.05) is 0 Å². The Balaban J connectivity index is 2.60. The molecule has 0 aromatic rings. The molecule has 5 heteroatoms. The van der Waals surface area contributed by atoms with E-state index in [0.717, 1.165) is 25.7 Å². The second-order valence-electron chi connectivity index (χ2n) is 4.92. The van der Waals surface area contributed by atoms with E-state index in [1.165, 1.54) is 0 Å². The summed E-state index contributed by atoms with van der Waals surface area (Å²) in [6, 6.07) is 0. The molecule has 1 amide bonds. The van der Waals surface area contributed by atoms with Crippen LogP contribution >= 0.6 is 12.2 Å². The van der Waals surface area contributed by atoms with Crippen LogP contribution in [0.5, 0.6) is 0 Å². The molecule has 0 aliphatic heterocycles. The van der Waals surface area contributed by atoms with Crippen molar-refractivity contribution in [3.05, 3.63) is 0 Å². The average molecular weight is 258 g/mol. The van der Waals surface area contributed by atoms with Gasteiger partial charge in [0.05, 0.1) is 17.1 Å². The van der Waals surface area contributed by atoms with Crippen LogP contribution in [0.4, 0.5) is 0 Å². The van der Waals surface area contributed by atoms with Crippen LogP contribution < -0.4 is 11.1 Å². The zero-order valence-electron chi connectivity index (χ0n) is 10.6. The Morgan fingerprint density at radius 3 is 2.59 bits per heavy atom. The molecule has 0 aromatic heterocycles. The molecule has 1 fully saturated rings. The lowest BCUT2D eigenvalue weighted by molar-refractivity contribution is -0.123. The van der Waals surface area contributed by atoms with Gasteiger partial charge >= 0.3 is 0 Å². The van der Waals surface area contributed by atoms with Gasteiger partial charge in [-0.1, -0.05) is 19.1 Å². The fraction of sp³-hybridized carbons (Fsp3) is 0.833. The third kappa shape index (κ3) is 3.92. The highest BCUT2D eigenvalue weighted by Gasteiger charge is 2.38. The van der Waals surface area contributed by atoms with Crippen LogP contribution in [0.25, 0.3) is 0 Å². The fourth-order valence-corrected chi connectivity index (χ4v) is 2.47. The molecule has 98 valence electrons. The van der Waals surface area contributed by atoms with Crippen LogP contribution in [0.1, 0.15) is 39.0 Å². The second kappa shape index (κ2) is 6.31. The summed E-state index contributed by atoms with van der Waals surface area (Å²) in [7, 11) is 1.58. The minimum Gasteiger partial charge on any atom is -0.391 e. The number of nitrogens with two attached hydrogens (primary N) is 1. The molecule has 3 N–H and O–H groups in total. The van der Waals surface area contributed by atoms with Gasteiger partial charge in [-0.3, -0.25) is 4.79 Å². The summed E-state index contributed by atoms with van der Waals surface area (Å²) in [5, 5.41) is 3.00. The minimum absolute atomic E-state index is 0.0331. The largest absolute Gasteiger partial charge is 0.391 e. The van der Waals surface area contributed by atoms with Crippen molar-refractivity contribution in [1.82, 2.24) is 5.32 Å². The molecular weight excluding hydrogens is 236 g/mol. The number of ether oxygens (including phenoxy) is 1. The normalized spacial score (nSPS) is 28.7. The lowest BCUT2D eigenvalue weighted by Gasteiger charge is -2.39. The summed E-state index contributed by atoms with van der Waals surface area (Å²) in [6.45, 7) is 2.64. The lowest BCUT2D eigenvalue weighted by Crippen LogP contribution is -2.58. The standard InChI is InChI=1S/C12H22N2O2S/c1-9-3-6-12(7-4-9,11(13)17)14-10(15)5-8-16-2/h9H,3-8H2,1-2H3,(H2,13,17)(H,14,15). The van der Waals surface area contributed by atoms with Gasteiger partial charge in [0.15, 0.2) is 0 Å². The SMILES string of the molecule is COCCC(=O)NC1(C(N)=S)CCC(C)CC1. The molecular formula is C12H22N2O2S. The molecule has 0 aromatic carbocycles. The van der Waals surface area contributed by atoms with E-state index >= 15 is 0 Å². The van der Waals surface area contributed by atoms with Crippen LogP contribution in [0.2, 0.25) is 0 Å². The number of hydrogen-bond donors (Lipinski definition) is 2. The van der Waals surface area contributed by atoms with Crippen LogP contribution in [-0.4, -0.2) is 30.2 Å². The molecule has 0 atom stereocenters. The monoisotopic (exact) mass is 258 g/mol. The second-order valence-corrected chi connectivity index (χ2v) is 5.36. The van der Waals surface area contributed by atoms with Crippen molar-refractivity contribution in [2.24, 2.45) is 11.7 Å². The molecule has 1 rings (SSSR count). The van der Waals surface area contributed by atoms with Gasteiger partial charge in [0.2, 0.25) is 5.91 Å². The molecule has 0 heterocycles. The molecule has 1 aliphatic rings. The zero-order chi connectivity index (χ0) is 12.9. The number of hydrogen-bond acceptors (Lipinski definition) is 3. The highest BCUT2D eigenvalue weighted by Crippen LogP contribution is 2.32. The van der Waals surface area contributed by atoms with Crippen molar-refractivity contribution in [2.45, 2.75) is 44.6 Å². The number of carbonyl (C=O) groups excluding carboxylic acids is 1. The zero-order valence-corrected chi connectivity index (χ0v) is 11.4. The van der Waals surface area contributed by atoms with Crippen molar-refractivity contribution >= 4 is 23.1 Å². The molecule has 0 saturated heterocycles. The quantitative estimate of drug-likeness (QED) is 0.731. The molecule has 0 unspecified atom stereocenters. The number of methoxy groups -OCH3 is 1. The van der Waals surface area contributed by atoms with Crippen molar-refractivity contribution in [3.8, 4) is 0 Å². The first-order chi connectivity index (χ1) is 8.00. The molecule has 0 bridgehead atoms. The lowest BCUT2D eigenvalue weighted by atomic mass is 9.77. The highest BCUT2D eigenvalue weighted by molar-refractivity contribution is 7.80. The smallest absolute Gasteiger partial charge is 0.223 e. The van der Waals surface area contributed by atoms with Gasteiger partial charge in [-0.2, -0.15) is 0 Å². The van der Waals surface area contributed by atoms with Crippen molar-refractivity contribution < 1.29 is 9.53 Å². The van der Waals surface area contributed by atoms with Crippen LogP contribution in [-0.2, 0) is 9.53 Å². The van der Waals surface area contributed by atoms with Gasteiger partial charge < -0.3 is 15.8 Å². The summed E-state index contributed by atoms with van der Waals surface area (Å²) in [6.07, 6.45) is 4.17. The number of amides is 1. The molecule has 0 spiro atoms. The third-order valence-corrected chi connectivity index (χ3v) is 3.90. The van der Waals surface area contributed by atoms with E-state index in [9.17, 15) is 4.79 Å². The predicted octanol–water partition coefficient (Wildman–Crippen LogP) is 1.37. The van der Waals surface area contributed by atoms with Crippen molar-refractivity contribution in [2.75, 3.05) is 13.7 Å². The Hall–Kier alpha value is -0.680. The number of nitrogens with one attached hydrogen (secondary N) is 1. The molecule has 1 saturated carbocycles. The van der Waals surface area contributed by atoms with E-state index in [1.54, 1.807) is 7.11 Å². The molecule has 4 nitrogen and oxygen atoms in total. The first-order valence-corrected chi connectivity index (χ1v) is 6.51. The minimum atomic E-state index is -0.466. The van der Waals surface area contributed by atoms with E-state index in [4.69, 9.17) is 22.7 Å². The first-order valence-electron chi connectivity index (χ1n) is 6.10. The average Bonchev–Trinajstić information content (AvgIpc) is 2.29. The summed E-state index contributed by atoms with van der Waals surface area (Å²) in [5.74, 6) is 0.655. The van der Waals surface area contributed by atoms with Crippen LogP contribution in [0.15, 0.2) is 0 Å². The van der Waals surface area contributed by atoms with Gasteiger partial charge in [0.25, 0.3) is 0 Å². The fourth-order valence-electron chi connectivity index (χ4n) is 2.21. The van der Waals surface area contributed by atoms with E-state index in [2.05, 4.69) is 12.2 Å². The number of rotatable bonds is 5. The first kappa shape index (κ1) is 14.4. The molecule has 0 radical (unpaired) electrons. The summed E-state index contributed by atoms with van der Waals surface area (Å²) >= 11 is 5.13. The summed E-state index contributed by atoms with van der Waals surface area (Å²) in [5.41, 5.74) is 5.34. The maximum atomic E-state index is 11.8. The van der Waals surface area contributed by atoms with Gasteiger partial charge in [0.1, 0.15) is 0 Å². The van der Waals surface area contributed by atoms with E-state index in [0.29, 0.717) is 23.9 Å². The Bertz CT molecular complexity index is 286. The van der Waals surface area contributed by atoms with Gasteiger partial charge in [-0.05, 0) is 31.6 Å². The topological polar surface area (TPSA) is 64.3 Å².